The van der Waals surface area contributed by atoms with Crippen LogP contribution in [0.4, 0.5) is 11.4 Å². The lowest BCUT2D eigenvalue weighted by molar-refractivity contribution is -0.117. The predicted molar refractivity (Wildman–Crippen MR) is 125 cm³/mol. The van der Waals surface area contributed by atoms with Gasteiger partial charge in [-0.3, -0.25) is 9.69 Å². The van der Waals surface area contributed by atoms with Crippen LogP contribution in [0.1, 0.15) is 23.6 Å². The lowest BCUT2D eigenvalue weighted by atomic mass is 10.1. The summed E-state index contributed by atoms with van der Waals surface area (Å²) in [5.41, 5.74) is 5.52. The zero-order chi connectivity index (χ0) is 20.8. The van der Waals surface area contributed by atoms with Gasteiger partial charge in [0.1, 0.15) is 0 Å². The fraction of sp³-hybridized carbons (Fsp3) is 0.391. The molecule has 0 radical (unpaired) electrons. The minimum Gasteiger partial charge on any atom is -0.346 e. The van der Waals surface area contributed by atoms with E-state index in [1.807, 2.05) is 25.1 Å². The van der Waals surface area contributed by atoms with Gasteiger partial charge in [-0.1, -0.05) is 31.2 Å². The molecule has 154 valence electrons. The molecular formula is C23H30N4OS. The molecule has 1 amide bonds. The molecule has 2 N–H and O–H groups in total. The van der Waals surface area contributed by atoms with Gasteiger partial charge in [0.25, 0.3) is 0 Å². The Hall–Kier alpha value is -2.44. The van der Waals surface area contributed by atoms with E-state index in [1.165, 1.54) is 11.1 Å². The second-order valence-electron chi connectivity index (χ2n) is 7.54. The van der Waals surface area contributed by atoms with Crippen LogP contribution in [0.2, 0.25) is 0 Å². The van der Waals surface area contributed by atoms with Crippen molar-refractivity contribution in [2.45, 2.75) is 27.2 Å². The zero-order valence-corrected chi connectivity index (χ0v) is 18.3. The highest BCUT2D eigenvalue weighted by molar-refractivity contribution is 7.80. The number of amides is 1. The molecule has 0 aromatic heterocycles. The van der Waals surface area contributed by atoms with E-state index in [2.05, 4.69) is 58.5 Å². The van der Waals surface area contributed by atoms with E-state index < -0.39 is 0 Å². The van der Waals surface area contributed by atoms with Gasteiger partial charge in [-0.15, -0.1) is 0 Å². The van der Waals surface area contributed by atoms with Crippen molar-refractivity contribution in [3.63, 3.8) is 0 Å². The minimum atomic E-state index is 0.0317. The number of benzene rings is 2. The summed E-state index contributed by atoms with van der Waals surface area (Å²) in [5.74, 6) is 0.0317. The van der Waals surface area contributed by atoms with Crippen LogP contribution < -0.4 is 10.6 Å². The van der Waals surface area contributed by atoms with Gasteiger partial charge in [-0.25, -0.2) is 0 Å². The van der Waals surface area contributed by atoms with Crippen molar-refractivity contribution >= 4 is 34.6 Å². The van der Waals surface area contributed by atoms with E-state index >= 15 is 0 Å². The van der Waals surface area contributed by atoms with Crippen molar-refractivity contribution in [3.8, 4) is 0 Å². The Balaban J connectivity index is 1.46. The third-order valence-electron chi connectivity index (χ3n) is 5.49. The molecule has 0 aliphatic carbocycles. The average molecular weight is 411 g/mol. The monoisotopic (exact) mass is 410 g/mol. The number of rotatable bonds is 5. The van der Waals surface area contributed by atoms with E-state index in [9.17, 15) is 4.79 Å². The van der Waals surface area contributed by atoms with Gasteiger partial charge in [-0.05, 0) is 67.4 Å². The van der Waals surface area contributed by atoms with Crippen molar-refractivity contribution in [1.82, 2.24) is 9.80 Å². The molecule has 1 aliphatic heterocycles. The maximum atomic E-state index is 12.5. The van der Waals surface area contributed by atoms with Crippen LogP contribution in [0, 0.1) is 13.8 Å². The molecule has 2 aromatic carbocycles. The highest BCUT2D eigenvalue weighted by atomic mass is 32.1. The summed E-state index contributed by atoms with van der Waals surface area (Å²) in [4.78, 5) is 16.8. The van der Waals surface area contributed by atoms with Gasteiger partial charge in [-0.2, -0.15) is 0 Å². The first kappa shape index (κ1) is 21.3. The van der Waals surface area contributed by atoms with E-state index in [-0.39, 0.29) is 5.91 Å². The number of nitrogens with zero attached hydrogens (tertiary/aromatic N) is 2. The van der Waals surface area contributed by atoms with Crippen LogP contribution in [-0.2, 0) is 11.2 Å². The molecule has 3 rings (SSSR count). The highest BCUT2D eigenvalue weighted by Gasteiger charge is 2.21. The Morgan fingerprint density at radius 1 is 1.03 bits per heavy atom. The van der Waals surface area contributed by atoms with Crippen molar-refractivity contribution < 1.29 is 4.79 Å². The zero-order valence-electron chi connectivity index (χ0n) is 17.5. The van der Waals surface area contributed by atoms with Gasteiger partial charge in [0.15, 0.2) is 5.11 Å². The lowest BCUT2D eigenvalue weighted by Crippen LogP contribution is -2.51. The molecule has 0 spiro atoms. The molecular weight excluding hydrogens is 380 g/mol. The second kappa shape index (κ2) is 9.85. The van der Waals surface area contributed by atoms with Crippen molar-refractivity contribution in [3.05, 3.63) is 59.2 Å². The molecule has 1 heterocycles. The summed E-state index contributed by atoms with van der Waals surface area (Å²) in [5, 5.41) is 7.14. The fourth-order valence-corrected chi connectivity index (χ4v) is 3.76. The molecule has 1 aliphatic rings. The van der Waals surface area contributed by atoms with Crippen molar-refractivity contribution in [2.75, 3.05) is 43.4 Å². The van der Waals surface area contributed by atoms with E-state index in [0.717, 1.165) is 54.7 Å². The van der Waals surface area contributed by atoms with Crippen LogP contribution in [0.3, 0.4) is 0 Å². The molecule has 1 saturated heterocycles. The Labute approximate surface area is 179 Å². The SMILES string of the molecule is CCc1cccc(NC(=S)N2CCN(CC(=O)Nc3cccc(C)c3C)CC2)c1. The van der Waals surface area contributed by atoms with Gasteiger partial charge < -0.3 is 15.5 Å². The molecule has 2 aromatic rings. The minimum absolute atomic E-state index is 0.0317. The lowest BCUT2D eigenvalue weighted by Gasteiger charge is -2.35. The summed E-state index contributed by atoms with van der Waals surface area (Å²) in [6, 6.07) is 14.3. The Kier molecular flexibility index (Phi) is 7.23. The maximum absolute atomic E-state index is 12.5. The predicted octanol–water partition coefficient (Wildman–Crippen LogP) is 3.82. The standard InChI is InChI=1S/C23H30N4OS/c1-4-19-8-6-9-20(15-19)24-23(29)27-13-11-26(12-14-27)16-22(28)25-21-10-5-7-17(2)18(21)3/h5-10,15H,4,11-14,16H2,1-3H3,(H,24,29)(H,25,28). The summed E-state index contributed by atoms with van der Waals surface area (Å²) in [6.07, 6.45) is 1.01. The van der Waals surface area contributed by atoms with Crippen LogP contribution in [0.5, 0.6) is 0 Å². The molecule has 5 nitrogen and oxygen atoms in total. The van der Waals surface area contributed by atoms with Crippen LogP contribution in [0.25, 0.3) is 0 Å². The Bertz CT molecular complexity index is 875. The molecule has 1 fully saturated rings. The molecule has 0 saturated carbocycles. The maximum Gasteiger partial charge on any atom is 0.238 e. The third-order valence-corrected chi connectivity index (χ3v) is 5.85. The van der Waals surface area contributed by atoms with Gasteiger partial charge in [0.05, 0.1) is 6.54 Å². The Morgan fingerprint density at radius 2 is 1.76 bits per heavy atom. The Morgan fingerprint density at radius 3 is 2.48 bits per heavy atom. The second-order valence-corrected chi connectivity index (χ2v) is 7.93. The molecule has 6 heteroatoms. The first-order valence-electron chi connectivity index (χ1n) is 10.2. The van der Waals surface area contributed by atoms with Gasteiger partial charge >= 0.3 is 0 Å². The number of nitrogens with one attached hydrogen (secondary N) is 2. The van der Waals surface area contributed by atoms with Crippen molar-refractivity contribution in [1.29, 1.82) is 0 Å². The largest absolute Gasteiger partial charge is 0.346 e. The molecule has 0 unspecified atom stereocenters. The number of carbonyl (C=O) groups excluding carboxylic acids is 1. The average Bonchev–Trinajstić information content (AvgIpc) is 2.72. The van der Waals surface area contributed by atoms with E-state index in [0.29, 0.717) is 6.54 Å². The number of hydrogen-bond donors (Lipinski definition) is 2. The first-order chi connectivity index (χ1) is 14.0. The third kappa shape index (κ3) is 5.78. The summed E-state index contributed by atoms with van der Waals surface area (Å²) in [6.45, 7) is 9.90. The number of aryl methyl sites for hydroxylation is 2. The normalized spacial score (nSPS) is 14.5. The number of piperazine rings is 1. The summed E-state index contributed by atoms with van der Waals surface area (Å²) < 4.78 is 0. The number of thiocarbonyl (C=S) groups is 1. The van der Waals surface area contributed by atoms with Crippen molar-refractivity contribution in [2.24, 2.45) is 0 Å². The number of carbonyl (C=O) groups is 1. The highest BCUT2D eigenvalue weighted by Crippen LogP contribution is 2.18. The van der Waals surface area contributed by atoms with Crippen LogP contribution >= 0.6 is 12.2 Å². The number of anilines is 2. The van der Waals surface area contributed by atoms with Crippen LogP contribution in [-0.4, -0.2) is 53.5 Å². The molecule has 29 heavy (non-hydrogen) atoms. The number of hydrogen-bond acceptors (Lipinski definition) is 3. The quantitative estimate of drug-likeness (QED) is 0.734. The van der Waals surface area contributed by atoms with Crippen LogP contribution in [0.15, 0.2) is 42.5 Å². The van der Waals surface area contributed by atoms with E-state index in [4.69, 9.17) is 12.2 Å². The molecule has 0 atom stereocenters. The smallest absolute Gasteiger partial charge is 0.238 e. The van der Waals surface area contributed by atoms with Gasteiger partial charge in [0.2, 0.25) is 5.91 Å². The van der Waals surface area contributed by atoms with Gasteiger partial charge in [0, 0.05) is 37.6 Å². The topological polar surface area (TPSA) is 47.6 Å². The summed E-state index contributed by atoms with van der Waals surface area (Å²) >= 11 is 5.59. The summed E-state index contributed by atoms with van der Waals surface area (Å²) in [7, 11) is 0. The first-order valence-corrected chi connectivity index (χ1v) is 10.6. The molecule has 0 bridgehead atoms. The fourth-order valence-electron chi connectivity index (χ4n) is 3.46. The van der Waals surface area contributed by atoms with E-state index in [1.54, 1.807) is 0 Å².